The van der Waals surface area contributed by atoms with Crippen LogP contribution < -0.4 is 4.90 Å². The molecule has 4 aliphatic rings. The molecule has 6 nitrogen and oxygen atoms in total. The maximum atomic E-state index is 12.8. The number of amidine groups is 1. The van der Waals surface area contributed by atoms with Crippen molar-refractivity contribution in [3.8, 4) is 0 Å². The number of hydrogen-bond donors (Lipinski definition) is 0. The highest BCUT2D eigenvalue weighted by Crippen LogP contribution is 2.46. The molecule has 1 saturated heterocycles. The second-order valence-corrected chi connectivity index (χ2v) is 10.3. The van der Waals surface area contributed by atoms with Gasteiger partial charge in [0.2, 0.25) is 5.91 Å². The Balaban J connectivity index is 1.14. The van der Waals surface area contributed by atoms with Crippen LogP contribution in [0.2, 0.25) is 5.02 Å². The number of halogens is 1. The van der Waals surface area contributed by atoms with Gasteiger partial charge in [-0.25, -0.2) is 4.99 Å². The van der Waals surface area contributed by atoms with Gasteiger partial charge in [-0.05, 0) is 60.4 Å². The summed E-state index contributed by atoms with van der Waals surface area (Å²) in [5.74, 6) is 0.285. The Hall–Kier alpha value is -2.12. The molecule has 3 heterocycles. The predicted octanol–water partition coefficient (Wildman–Crippen LogP) is 4.69. The first-order valence-electron chi connectivity index (χ1n) is 11.5. The predicted molar refractivity (Wildman–Crippen MR) is 131 cm³/mol. The highest BCUT2D eigenvalue weighted by molar-refractivity contribution is 8.17. The summed E-state index contributed by atoms with van der Waals surface area (Å²) >= 11 is 7.66. The summed E-state index contributed by atoms with van der Waals surface area (Å²) in [6.45, 7) is 2.97. The van der Waals surface area contributed by atoms with Crippen LogP contribution in [0.4, 0.5) is 5.69 Å². The summed E-state index contributed by atoms with van der Waals surface area (Å²) in [4.78, 5) is 40.0. The second kappa shape index (κ2) is 9.40. The van der Waals surface area contributed by atoms with Crippen LogP contribution in [-0.4, -0.2) is 53.8 Å². The second-order valence-electron chi connectivity index (χ2n) is 8.70. The van der Waals surface area contributed by atoms with E-state index in [1.54, 1.807) is 11.8 Å². The quantitative estimate of drug-likeness (QED) is 0.640. The fraction of sp³-hybridized carbons (Fsp3) is 0.500. The van der Waals surface area contributed by atoms with Gasteiger partial charge in [0, 0.05) is 49.7 Å². The number of carbonyl (C=O) groups excluding carboxylic acids is 2. The lowest BCUT2D eigenvalue weighted by Crippen LogP contribution is -2.48. The summed E-state index contributed by atoms with van der Waals surface area (Å²) in [5, 5.41) is 1.61. The lowest BCUT2D eigenvalue weighted by molar-refractivity contribution is -0.131. The van der Waals surface area contributed by atoms with E-state index in [2.05, 4.69) is 9.89 Å². The van der Waals surface area contributed by atoms with Gasteiger partial charge in [-0.1, -0.05) is 29.8 Å². The standard InChI is InChI=1S/C24H27ClN4O2S/c25-16-6-8-17(9-7-16)28-12-14-29(15-13-28)21(30)11-10-20-26-23(31)22-18-4-2-1-3-5-19(18)32-24(22)27-20/h6-9,22H,1-5,10-15H2. The van der Waals surface area contributed by atoms with E-state index in [9.17, 15) is 9.59 Å². The maximum absolute atomic E-state index is 12.8. The fourth-order valence-corrected chi connectivity index (χ4v) is 6.36. The molecule has 32 heavy (non-hydrogen) atoms. The third kappa shape index (κ3) is 4.50. The highest BCUT2D eigenvalue weighted by Gasteiger charge is 2.40. The van der Waals surface area contributed by atoms with Crippen molar-refractivity contribution in [3.63, 3.8) is 0 Å². The molecule has 0 saturated carbocycles. The number of anilines is 1. The van der Waals surface area contributed by atoms with Crippen LogP contribution in [0.1, 0.15) is 44.9 Å². The third-order valence-corrected chi connectivity index (χ3v) is 8.14. The lowest BCUT2D eigenvalue weighted by Gasteiger charge is -2.36. The molecular weight excluding hydrogens is 444 g/mol. The van der Waals surface area contributed by atoms with Crippen LogP contribution in [0.3, 0.4) is 0 Å². The third-order valence-electron chi connectivity index (χ3n) is 6.64. The number of fused-ring (bicyclic) bond motifs is 2. The highest BCUT2D eigenvalue weighted by atomic mass is 35.5. The Labute approximate surface area is 197 Å². The molecule has 168 valence electrons. The van der Waals surface area contributed by atoms with Crippen LogP contribution in [0.15, 0.2) is 44.7 Å². The van der Waals surface area contributed by atoms with Gasteiger partial charge in [0.1, 0.15) is 11.8 Å². The zero-order valence-electron chi connectivity index (χ0n) is 18.1. The summed E-state index contributed by atoms with van der Waals surface area (Å²) < 4.78 is 0. The van der Waals surface area contributed by atoms with E-state index in [1.165, 1.54) is 23.3 Å². The minimum atomic E-state index is -0.242. The topological polar surface area (TPSA) is 65.3 Å². The first kappa shape index (κ1) is 21.7. The first-order chi connectivity index (χ1) is 15.6. The van der Waals surface area contributed by atoms with Gasteiger partial charge >= 0.3 is 0 Å². The van der Waals surface area contributed by atoms with Gasteiger partial charge in [-0.2, -0.15) is 4.99 Å². The Kier molecular flexibility index (Phi) is 6.37. The van der Waals surface area contributed by atoms with Crippen molar-refractivity contribution in [2.75, 3.05) is 31.1 Å². The Morgan fingerprint density at radius 3 is 2.56 bits per heavy atom. The van der Waals surface area contributed by atoms with E-state index in [-0.39, 0.29) is 17.7 Å². The van der Waals surface area contributed by atoms with Crippen LogP contribution >= 0.6 is 23.4 Å². The number of carbonyl (C=O) groups is 2. The van der Waals surface area contributed by atoms with Gasteiger partial charge in [0.15, 0.2) is 0 Å². The zero-order valence-corrected chi connectivity index (χ0v) is 19.6. The Morgan fingerprint density at radius 1 is 1.03 bits per heavy atom. The Bertz CT molecular complexity index is 1010. The van der Waals surface area contributed by atoms with Gasteiger partial charge in [0.05, 0.1) is 5.04 Å². The summed E-state index contributed by atoms with van der Waals surface area (Å²) in [7, 11) is 0. The molecule has 1 aliphatic carbocycles. The largest absolute Gasteiger partial charge is 0.368 e. The molecule has 1 aromatic carbocycles. The summed E-state index contributed by atoms with van der Waals surface area (Å²) in [5.41, 5.74) is 2.39. The molecule has 0 radical (unpaired) electrons. The fourth-order valence-electron chi connectivity index (χ4n) is 4.87. The van der Waals surface area contributed by atoms with Crippen molar-refractivity contribution in [2.24, 2.45) is 15.9 Å². The van der Waals surface area contributed by atoms with Crippen molar-refractivity contribution >= 4 is 51.7 Å². The van der Waals surface area contributed by atoms with E-state index in [4.69, 9.17) is 16.6 Å². The number of rotatable bonds is 4. The molecule has 0 bridgehead atoms. The molecule has 0 N–H and O–H groups in total. The number of hydrogen-bond acceptors (Lipinski definition) is 5. The molecule has 0 spiro atoms. The van der Waals surface area contributed by atoms with Crippen molar-refractivity contribution < 1.29 is 9.59 Å². The van der Waals surface area contributed by atoms with Gasteiger partial charge in [0.25, 0.3) is 5.91 Å². The van der Waals surface area contributed by atoms with Crippen molar-refractivity contribution in [3.05, 3.63) is 39.8 Å². The Morgan fingerprint density at radius 2 is 1.78 bits per heavy atom. The first-order valence-corrected chi connectivity index (χ1v) is 12.7. The summed E-state index contributed by atoms with van der Waals surface area (Å²) in [6.07, 6.45) is 6.36. The van der Waals surface area contributed by atoms with Crippen LogP contribution in [0.25, 0.3) is 0 Å². The molecule has 1 aromatic rings. The molecule has 8 heteroatoms. The number of benzene rings is 1. The van der Waals surface area contributed by atoms with Crippen molar-refractivity contribution in [1.29, 1.82) is 0 Å². The zero-order chi connectivity index (χ0) is 22.1. The number of thioether (sulfide) groups is 1. The van der Waals surface area contributed by atoms with Crippen LogP contribution in [0.5, 0.6) is 0 Å². The molecule has 1 atom stereocenters. The molecule has 5 rings (SSSR count). The van der Waals surface area contributed by atoms with Gasteiger partial charge < -0.3 is 9.80 Å². The number of amides is 2. The minimum absolute atomic E-state index is 0.0894. The van der Waals surface area contributed by atoms with E-state index in [0.717, 1.165) is 48.1 Å². The summed E-state index contributed by atoms with van der Waals surface area (Å²) in [6, 6.07) is 7.81. The van der Waals surface area contributed by atoms with Crippen molar-refractivity contribution in [2.45, 2.75) is 44.9 Å². The smallest absolute Gasteiger partial charge is 0.261 e. The molecule has 1 unspecified atom stereocenters. The normalized spacial score (nSPS) is 23.4. The van der Waals surface area contributed by atoms with E-state index in [0.29, 0.717) is 31.8 Å². The number of aliphatic imine (C=N–C) groups is 2. The molecule has 0 aromatic heterocycles. The molecule has 1 fully saturated rings. The average Bonchev–Trinajstić information content (AvgIpc) is 3.00. The van der Waals surface area contributed by atoms with Gasteiger partial charge in [-0.3, -0.25) is 9.59 Å². The number of nitrogens with zero attached hydrogens (tertiary/aromatic N) is 4. The number of piperazine rings is 1. The van der Waals surface area contributed by atoms with Crippen LogP contribution in [-0.2, 0) is 9.59 Å². The minimum Gasteiger partial charge on any atom is -0.368 e. The maximum Gasteiger partial charge on any atom is 0.261 e. The van der Waals surface area contributed by atoms with Crippen molar-refractivity contribution in [1.82, 2.24) is 4.90 Å². The lowest BCUT2D eigenvalue weighted by atomic mass is 9.94. The van der Waals surface area contributed by atoms with E-state index in [1.807, 2.05) is 29.2 Å². The SMILES string of the molecule is O=C1N=C(CCC(=O)N2CCN(c3ccc(Cl)cc3)CC2)N=C2SC3=C(CCCCC3)C12. The molecule has 2 amide bonds. The van der Waals surface area contributed by atoms with E-state index >= 15 is 0 Å². The molecule has 3 aliphatic heterocycles. The van der Waals surface area contributed by atoms with Crippen LogP contribution in [0, 0.1) is 5.92 Å². The average molecular weight is 471 g/mol. The van der Waals surface area contributed by atoms with Gasteiger partial charge in [-0.15, -0.1) is 0 Å². The monoisotopic (exact) mass is 470 g/mol. The number of allylic oxidation sites excluding steroid dienone is 1. The molecular formula is C24H27ClN4O2S. The van der Waals surface area contributed by atoms with E-state index < -0.39 is 0 Å².